The largest absolute Gasteiger partial charge is 0.437 e. The average Bonchev–Trinajstić information content (AvgIpc) is 3.12. The first-order chi connectivity index (χ1) is 10.6. The summed E-state index contributed by atoms with van der Waals surface area (Å²) in [5.41, 5.74) is 0.476. The van der Waals surface area contributed by atoms with Crippen LogP contribution in [0.5, 0.6) is 0 Å². The van der Waals surface area contributed by atoms with Crippen molar-refractivity contribution in [1.29, 1.82) is 0 Å². The van der Waals surface area contributed by atoms with Crippen molar-refractivity contribution in [3.05, 3.63) is 57.4 Å². The Morgan fingerprint density at radius 2 is 2.14 bits per heavy atom. The maximum Gasteiger partial charge on any atom is 0.437 e. The van der Waals surface area contributed by atoms with Gasteiger partial charge in [0.1, 0.15) is 6.54 Å². The Kier molecular flexibility index (Phi) is 4.08. The van der Waals surface area contributed by atoms with E-state index in [1.54, 1.807) is 30.3 Å². The van der Waals surface area contributed by atoms with Crippen molar-refractivity contribution >= 4 is 34.5 Å². The molecule has 2 aromatic heterocycles. The van der Waals surface area contributed by atoms with Crippen LogP contribution in [0.2, 0.25) is 5.02 Å². The van der Waals surface area contributed by atoms with Gasteiger partial charge in [-0.1, -0.05) is 29.8 Å². The fraction of sp³-hybridized carbons (Fsp3) is 0.0714. The molecule has 0 aliphatic carbocycles. The summed E-state index contributed by atoms with van der Waals surface area (Å²) in [6.45, 7) is -0.251. The number of para-hydroxylation sites is 1. The van der Waals surface area contributed by atoms with Gasteiger partial charge in [0.25, 0.3) is 5.89 Å². The van der Waals surface area contributed by atoms with Crippen molar-refractivity contribution in [2.75, 3.05) is 5.32 Å². The van der Waals surface area contributed by atoms with Crippen LogP contribution >= 0.6 is 22.9 Å². The average molecular weight is 336 g/mol. The lowest BCUT2D eigenvalue weighted by molar-refractivity contribution is -0.117. The minimum absolute atomic E-state index is 0.200. The highest BCUT2D eigenvalue weighted by molar-refractivity contribution is 7.13. The van der Waals surface area contributed by atoms with Crippen molar-refractivity contribution in [1.82, 2.24) is 9.78 Å². The molecular weight excluding hydrogens is 326 g/mol. The van der Waals surface area contributed by atoms with Gasteiger partial charge in [0.05, 0.1) is 15.6 Å². The predicted octanol–water partition coefficient (Wildman–Crippen LogP) is 2.86. The molecule has 0 saturated carbocycles. The SMILES string of the molecule is O=C(Cn1nc(-c2cccs2)oc1=O)Nc1ccccc1Cl. The van der Waals surface area contributed by atoms with Gasteiger partial charge in [-0.05, 0) is 23.6 Å². The highest BCUT2D eigenvalue weighted by Gasteiger charge is 2.14. The molecule has 0 atom stereocenters. The van der Waals surface area contributed by atoms with Crippen molar-refractivity contribution in [2.45, 2.75) is 6.54 Å². The second-order valence-corrected chi connectivity index (χ2v) is 5.69. The van der Waals surface area contributed by atoms with E-state index in [4.69, 9.17) is 16.0 Å². The molecule has 0 fully saturated rings. The summed E-state index contributed by atoms with van der Waals surface area (Å²) in [4.78, 5) is 24.4. The first-order valence-corrected chi connectivity index (χ1v) is 7.55. The molecule has 0 saturated heterocycles. The molecule has 0 radical (unpaired) electrons. The zero-order valence-corrected chi connectivity index (χ0v) is 12.7. The van der Waals surface area contributed by atoms with Crippen LogP contribution in [0, 0.1) is 0 Å². The third-order valence-electron chi connectivity index (χ3n) is 2.78. The molecule has 1 aromatic carbocycles. The van der Waals surface area contributed by atoms with Gasteiger partial charge in [-0.15, -0.1) is 16.4 Å². The number of hydrogen-bond acceptors (Lipinski definition) is 5. The summed E-state index contributed by atoms with van der Waals surface area (Å²) in [7, 11) is 0. The maximum atomic E-state index is 12.0. The van der Waals surface area contributed by atoms with Gasteiger partial charge in [0.2, 0.25) is 5.91 Å². The van der Waals surface area contributed by atoms with Gasteiger partial charge in [0.15, 0.2) is 0 Å². The number of rotatable bonds is 4. The summed E-state index contributed by atoms with van der Waals surface area (Å²) in [6, 6.07) is 10.4. The Labute approximate surface area is 134 Å². The van der Waals surface area contributed by atoms with Crippen LogP contribution < -0.4 is 11.1 Å². The molecule has 8 heteroatoms. The molecular formula is C14H10ClN3O3S. The maximum absolute atomic E-state index is 12.0. The highest BCUT2D eigenvalue weighted by Crippen LogP contribution is 2.22. The first kappa shape index (κ1) is 14.6. The first-order valence-electron chi connectivity index (χ1n) is 6.29. The van der Waals surface area contributed by atoms with E-state index >= 15 is 0 Å². The van der Waals surface area contributed by atoms with Crippen LogP contribution in [0.15, 0.2) is 51.0 Å². The van der Waals surface area contributed by atoms with Crippen molar-refractivity contribution in [2.24, 2.45) is 0 Å². The van der Waals surface area contributed by atoms with E-state index in [0.29, 0.717) is 10.7 Å². The third kappa shape index (κ3) is 3.10. The number of anilines is 1. The normalized spacial score (nSPS) is 10.6. The predicted molar refractivity (Wildman–Crippen MR) is 84.2 cm³/mol. The number of nitrogens with zero attached hydrogens (tertiary/aromatic N) is 2. The van der Waals surface area contributed by atoms with Crippen molar-refractivity contribution in [3.8, 4) is 10.8 Å². The van der Waals surface area contributed by atoms with Crippen LogP contribution in [0.25, 0.3) is 10.8 Å². The second kappa shape index (κ2) is 6.17. The monoisotopic (exact) mass is 335 g/mol. The van der Waals surface area contributed by atoms with E-state index in [-0.39, 0.29) is 12.4 Å². The van der Waals surface area contributed by atoms with Gasteiger partial charge < -0.3 is 9.73 Å². The van der Waals surface area contributed by atoms with Crippen LogP contribution in [-0.4, -0.2) is 15.7 Å². The van der Waals surface area contributed by atoms with Gasteiger partial charge in [-0.3, -0.25) is 4.79 Å². The molecule has 3 aromatic rings. The number of nitrogens with one attached hydrogen (secondary N) is 1. The van der Waals surface area contributed by atoms with E-state index in [2.05, 4.69) is 10.4 Å². The lowest BCUT2D eigenvalue weighted by Crippen LogP contribution is -2.25. The molecule has 0 aliphatic rings. The van der Waals surface area contributed by atoms with Gasteiger partial charge in [0, 0.05) is 0 Å². The zero-order valence-electron chi connectivity index (χ0n) is 11.2. The standard InChI is InChI=1S/C14H10ClN3O3S/c15-9-4-1-2-5-10(9)16-12(19)8-18-14(20)21-13(17-18)11-6-3-7-22-11/h1-7H,8H2,(H,16,19). The molecule has 0 spiro atoms. The lowest BCUT2D eigenvalue weighted by Gasteiger charge is -2.05. The van der Waals surface area contributed by atoms with E-state index in [0.717, 1.165) is 9.56 Å². The van der Waals surface area contributed by atoms with Crippen LogP contribution in [0.1, 0.15) is 0 Å². The van der Waals surface area contributed by atoms with Gasteiger partial charge in [-0.25, -0.2) is 4.79 Å². The van der Waals surface area contributed by atoms with Crippen LogP contribution in [0.3, 0.4) is 0 Å². The summed E-state index contributed by atoms with van der Waals surface area (Å²) in [6.07, 6.45) is 0. The summed E-state index contributed by atoms with van der Waals surface area (Å²) in [5, 5.41) is 8.90. The Balaban J connectivity index is 1.75. The molecule has 0 bridgehead atoms. The van der Waals surface area contributed by atoms with Crippen LogP contribution in [-0.2, 0) is 11.3 Å². The molecule has 3 rings (SSSR count). The number of carbonyl (C=O) groups is 1. The Hall–Kier alpha value is -2.38. The minimum atomic E-state index is -0.683. The third-order valence-corrected chi connectivity index (χ3v) is 3.97. The topological polar surface area (TPSA) is 77.1 Å². The fourth-order valence-corrected chi connectivity index (χ4v) is 2.62. The van der Waals surface area contributed by atoms with E-state index in [9.17, 15) is 9.59 Å². The van der Waals surface area contributed by atoms with Crippen molar-refractivity contribution in [3.63, 3.8) is 0 Å². The molecule has 0 unspecified atom stereocenters. The summed E-state index contributed by atoms with van der Waals surface area (Å²) in [5.74, 6) is -0.899. The quantitative estimate of drug-likeness (QED) is 0.795. The summed E-state index contributed by atoms with van der Waals surface area (Å²) >= 11 is 7.35. The van der Waals surface area contributed by atoms with Gasteiger partial charge >= 0.3 is 5.76 Å². The molecule has 112 valence electrons. The molecule has 6 nitrogen and oxygen atoms in total. The van der Waals surface area contributed by atoms with Crippen molar-refractivity contribution < 1.29 is 9.21 Å². The Bertz CT molecular complexity index is 854. The molecule has 2 heterocycles. The number of aromatic nitrogens is 2. The highest BCUT2D eigenvalue weighted by atomic mass is 35.5. The van der Waals surface area contributed by atoms with Crippen LogP contribution in [0.4, 0.5) is 5.69 Å². The molecule has 0 aliphatic heterocycles. The Morgan fingerprint density at radius 1 is 1.32 bits per heavy atom. The number of halogens is 1. The van der Waals surface area contributed by atoms with E-state index < -0.39 is 11.7 Å². The zero-order chi connectivity index (χ0) is 15.5. The lowest BCUT2D eigenvalue weighted by atomic mass is 10.3. The minimum Gasteiger partial charge on any atom is -0.387 e. The fourth-order valence-electron chi connectivity index (χ4n) is 1.79. The smallest absolute Gasteiger partial charge is 0.387 e. The number of carbonyl (C=O) groups excluding carboxylic acids is 1. The molecule has 22 heavy (non-hydrogen) atoms. The number of thiophene rings is 1. The van der Waals surface area contributed by atoms with Gasteiger partial charge in [-0.2, -0.15) is 4.68 Å². The molecule has 1 amide bonds. The second-order valence-electron chi connectivity index (χ2n) is 4.34. The van der Waals surface area contributed by atoms with E-state index in [1.165, 1.54) is 11.3 Å². The van der Waals surface area contributed by atoms with E-state index in [1.807, 2.05) is 11.4 Å². The summed E-state index contributed by atoms with van der Waals surface area (Å²) < 4.78 is 6.01. The number of amides is 1. The molecule has 1 N–H and O–H groups in total. The number of hydrogen-bond donors (Lipinski definition) is 1. The Morgan fingerprint density at radius 3 is 2.86 bits per heavy atom. The number of benzene rings is 1.